The maximum atomic E-state index is 13.6. The van der Waals surface area contributed by atoms with Gasteiger partial charge in [0.2, 0.25) is 11.8 Å². The van der Waals surface area contributed by atoms with E-state index < -0.39 is 11.5 Å². The average Bonchev–Trinajstić information content (AvgIpc) is 3.49. The number of aromatic nitrogens is 3. The van der Waals surface area contributed by atoms with Gasteiger partial charge in [0.15, 0.2) is 0 Å². The van der Waals surface area contributed by atoms with E-state index in [4.69, 9.17) is 9.47 Å². The first-order chi connectivity index (χ1) is 18.4. The Hall–Kier alpha value is -3.31. The summed E-state index contributed by atoms with van der Waals surface area (Å²) in [4.78, 5) is 44.2. The number of nitrogens with zero attached hydrogens (tertiary/aromatic N) is 3. The summed E-state index contributed by atoms with van der Waals surface area (Å²) in [5.41, 5.74) is 1.27. The van der Waals surface area contributed by atoms with Crippen molar-refractivity contribution in [1.82, 2.24) is 20.1 Å². The van der Waals surface area contributed by atoms with Crippen LogP contribution in [0.15, 0.2) is 24.5 Å². The molecule has 1 saturated heterocycles. The molecule has 3 amide bonds. The van der Waals surface area contributed by atoms with Crippen molar-refractivity contribution in [3.05, 3.63) is 35.8 Å². The molecule has 2 aromatic rings. The fourth-order valence-corrected chi connectivity index (χ4v) is 5.91. The molecule has 4 heterocycles. The molecule has 1 atom stereocenters. The number of pyridine rings is 1. The smallest absolute Gasteiger partial charge is 0.270 e. The molecule has 2 fully saturated rings. The molecule has 1 spiro atoms. The van der Waals surface area contributed by atoms with Crippen molar-refractivity contribution >= 4 is 29.2 Å². The van der Waals surface area contributed by atoms with Crippen LogP contribution in [-0.2, 0) is 31.0 Å². The lowest BCUT2D eigenvalue weighted by Gasteiger charge is -2.32. The van der Waals surface area contributed by atoms with Crippen LogP contribution in [-0.4, -0.2) is 65.5 Å². The summed E-state index contributed by atoms with van der Waals surface area (Å²) in [6, 6.07) is 2.61. The number of ether oxygens (including phenoxy) is 2. The zero-order chi connectivity index (χ0) is 26.7. The predicted octanol–water partition coefficient (Wildman–Crippen LogP) is 2.49. The topological polar surface area (TPSA) is 136 Å². The maximum Gasteiger partial charge on any atom is 0.270 e. The van der Waals surface area contributed by atoms with Gasteiger partial charge in [-0.2, -0.15) is 5.10 Å². The van der Waals surface area contributed by atoms with Crippen LogP contribution in [0.2, 0.25) is 0 Å². The van der Waals surface area contributed by atoms with Crippen molar-refractivity contribution in [3.63, 3.8) is 0 Å². The van der Waals surface area contributed by atoms with Crippen LogP contribution in [0.1, 0.15) is 61.5 Å². The molecule has 0 aromatic carbocycles. The van der Waals surface area contributed by atoms with E-state index in [2.05, 4.69) is 33.0 Å². The molecule has 204 valence electrons. The Kier molecular flexibility index (Phi) is 7.75. The first kappa shape index (κ1) is 26.3. The molecule has 0 radical (unpaired) electrons. The number of carbonyl (C=O) groups excluding carboxylic acids is 3. The van der Waals surface area contributed by atoms with Crippen LogP contribution in [0.4, 0.5) is 11.5 Å². The quantitative estimate of drug-likeness (QED) is 0.483. The zero-order valence-electron chi connectivity index (χ0n) is 22.0. The first-order valence-electron chi connectivity index (χ1n) is 13.4. The molecular weight excluding hydrogens is 488 g/mol. The lowest BCUT2D eigenvalue weighted by Crippen LogP contribution is -2.49. The molecule has 0 bridgehead atoms. The fraction of sp³-hybridized carbons (Fsp3) is 0.593. The third-order valence-electron chi connectivity index (χ3n) is 8.26. The number of hydrogen-bond donors (Lipinski definition) is 3. The highest BCUT2D eigenvalue weighted by Gasteiger charge is 2.48. The Morgan fingerprint density at radius 1 is 1.26 bits per heavy atom. The summed E-state index contributed by atoms with van der Waals surface area (Å²) in [6.45, 7) is 4.12. The van der Waals surface area contributed by atoms with E-state index in [0.29, 0.717) is 62.3 Å². The van der Waals surface area contributed by atoms with Crippen molar-refractivity contribution in [2.75, 3.05) is 37.6 Å². The van der Waals surface area contributed by atoms with E-state index in [1.165, 1.54) is 0 Å². The summed E-state index contributed by atoms with van der Waals surface area (Å²) < 4.78 is 12.2. The van der Waals surface area contributed by atoms with Gasteiger partial charge in [-0.3, -0.25) is 19.1 Å². The van der Waals surface area contributed by atoms with Gasteiger partial charge in [-0.25, -0.2) is 4.98 Å². The first-order valence-corrected chi connectivity index (χ1v) is 13.4. The Morgan fingerprint density at radius 3 is 2.76 bits per heavy atom. The van der Waals surface area contributed by atoms with Gasteiger partial charge in [-0.1, -0.05) is 19.8 Å². The van der Waals surface area contributed by atoms with Gasteiger partial charge in [-0.05, 0) is 43.6 Å². The van der Waals surface area contributed by atoms with Gasteiger partial charge in [0.1, 0.15) is 17.6 Å². The highest BCUT2D eigenvalue weighted by molar-refractivity contribution is 6.07. The van der Waals surface area contributed by atoms with Gasteiger partial charge in [-0.15, -0.1) is 0 Å². The Bertz CT molecular complexity index is 1180. The zero-order valence-corrected chi connectivity index (χ0v) is 22.0. The van der Waals surface area contributed by atoms with Gasteiger partial charge in [0.05, 0.1) is 24.3 Å². The predicted molar refractivity (Wildman–Crippen MR) is 140 cm³/mol. The van der Waals surface area contributed by atoms with E-state index in [0.717, 1.165) is 31.2 Å². The number of fused-ring (bicyclic) bond motifs is 2. The number of rotatable bonds is 8. The SMILES string of the molecule is COCCn1nccc1C(=O)N[C@H](C(=O)Nc1cc2c(cn1)C1(CCOCC1)C(=O)N2)[C@H]1CC[C@H](C)CC1. The Labute approximate surface area is 222 Å². The summed E-state index contributed by atoms with van der Waals surface area (Å²) in [7, 11) is 1.59. The summed E-state index contributed by atoms with van der Waals surface area (Å²) in [5.74, 6) is 0.219. The van der Waals surface area contributed by atoms with Gasteiger partial charge in [0.25, 0.3) is 5.91 Å². The minimum atomic E-state index is -0.729. The second-order valence-electron chi connectivity index (χ2n) is 10.7. The normalized spacial score (nSPS) is 22.9. The molecule has 0 unspecified atom stereocenters. The van der Waals surface area contributed by atoms with E-state index in [-0.39, 0.29) is 23.6 Å². The molecule has 1 aliphatic carbocycles. The molecule has 11 nitrogen and oxygen atoms in total. The van der Waals surface area contributed by atoms with Crippen LogP contribution < -0.4 is 16.0 Å². The number of carbonyl (C=O) groups is 3. The van der Waals surface area contributed by atoms with Crippen LogP contribution in [0.5, 0.6) is 0 Å². The van der Waals surface area contributed by atoms with Crippen molar-refractivity contribution in [2.24, 2.45) is 11.8 Å². The second-order valence-corrected chi connectivity index (χ2v) is 10.7. The molecule has 2 aliphatic heterocycles. The van der Waals surface area contributed by atoms with E-state index in [1.807, 2.05) is 0 Å². The minimum Gasteiger partial charge on any atom is -0.383 e. The summed E-state index contributed by atoms with van der Waals surface area (Å²) >= 11 is 0. The van der Waals surface area contributed by atoms with Crippen LogP contribution >= 0.6 is 0 Å². The van der Waals surface area contributed by atoms with E-state index in [1.54, 1.807) is 36.3 Å². The molecule has 11 heteroatoms. The van der Waals surface area contributed by atoms with Gasteiger partial charge >= 0.3 is 0 Å². The number of anilines is 2. The van der Waals surface area contributed by atoms with Crippen LogP contribution in [0.25, 0.3) is 0 Å². The van der Waals surface area contributed by atoms with Gasteiger partial charge in [0, 0.05) is 44.3 Å². The monoisotopic (exact) mass is 524 g/mol. The molecule has 5 rings (SSSR count). The van der Waals surface area contributed by atoms with Crippen molar-refractivity contribution in [3.8, 4) is 0 Å². The van der Waals surface area contributed by atoms with Crippen LogP contribution in [0.3, 0.4) is 0 Å². The third kappa shape index (κ3) is 5.17. The largest absolute Gasteiger partial charge is 0.383 e. The number of amides is 3. The highest BCUT2D eigenvalue weighted by Crippen LogP contribution is 2.44. The molecule has 38 heavy (non-hydrogen) atoms. The number of hydrogen-bond acceptors (Lipinski definition) is 7. The fourth-order valence-electron chi connectivity index (χ4n) is 5.91. The maximum absolute atomic E-state index is 13.6. The number of methoxy groups -OCH3 is 1. The second kappa shape index (κ2) is 11.2. The Morgan fingerprint density at radius 2 is 2.03 bits per heavy atom. The Balaban J connectivity index is 1.34. The molecule has 3 N–H and O–H groups in total. The van der Waals surface area contributed by atoms with Crippen molar-refractivity contribution in [1.29, 1.82) is 0 Å². The van der Waals surface area contributed by atoms with Crippen molar-refractivity contribution < 1.29 is 23.9 Å². The lowest BCUT2D eigenvalue weighted by molar-refractivity contribution is -0.124. The third-order valence-corrected chi connectivity index (χ3v) is 8.26. The number of nitrogens with one attached hydrogen (secondary N) is 3. The standard InChI is InChI=1S/C27H36N6O5/c1-17-3-5-18(6-4-17)23(32-24(34)21-7-10-29-33(21)11-14-37-2)25(35)31-22-15-20-19(16-28-22)27(26(36)30-20)8-12-38-13-9-27/h7,10,15-18,23H,3-6,8-9,11-14H2,1-2H3,(H,30,36)(H,32,34)(H,28,31,35)/t17-,18-,23-/m0/s1. The molecular formula is C27H36N6O5. The summed E-state index contributed by atoms with van der Waals surface area (Å²) in [6.07, 6.45) is 8.16. The van der Waals surface area contributed by atoms with Crippen LogP contribution in [0, 0.1) is 11.8 Å². The van der Waals surface area contributed by atoms with E-state index >= 15 is 0 Å². The van der Waals surface area contributed by atoms with E-state index in [9.17, 15) is 14.4 Å². The lowest BCUT2D eigenvalue weighted by atomic mass is 9.76. The average molecular weight is 525 g/mol. The molecule has 3 aliphatic rings. The van der Waals surface area contributed by atoms with Gasteiger partial charge < -0.3 is 25.4 Å². The molecule has 2 aromatic heterocycles. The summed E-state index contributed by atoms with van der Waals surface area (Å²) in [5, 5.41) is 13.1. The minimum absolute atomic E-state index is 0.00475. The molecule has 1 saturated carbocycles. The van der Waals surface area contributed by atoms with Crippen molar-refractivity contribution in [2.45, 2.75) is 63.5 Å². The highest BCUT2D eigenvalue weighted by atomic mass is 16.5.